The van der Waals surface area contributed by atoms with Crippen molar-refractivity contribution < 1.29 is 12.8 Å². The molecule has 102 valence electrons. The Morgan fingerprint density at radius 1 is 1.47 bits per heavy atom. The first-order chi connectivity index (χ1) is 9.00. The number of hydrogen-bond acceptors (Lipinski definition) is 4. The lowest BCUT2D eigenvalue weighted by Crippen LogP contribution is -2.23. The highest BCUT2D eigenvalue weighted by molar-refractivity contribution is 7.91. The minimum atomic E-state index is -2.87. The molecule has 1 aromatic carbocycles. The van der Waals surface area contributed by atoms with Gasteiger partial charge in [0.15, 0.2) is 9.84 Å². The van der Waals surface area contributed by atoms with Crippen molar-refractivity contribution in [2.75, 3.05) is 18.1 Å². The Hall–Kier alpha value is -1.45. The molecule has 0 aliphatic carbocycles. The first-order valence-corrected chi connectivity index (χ1v) is 7.92. The fraction of sp³-hybridized carbons (Fsp3) is 0.462. The average molecular weight is 282 g/mol. The first kappa shape index (κ1) is 14.0. The van der Waals surface area contributed by atoms with E-state index in [1.54, 1.807) is 0 Å². The summed E-state index contributed by atoms with van der Waals surface area (Å²) in [5.74, 6) is 0.205. The maximum atomic E-state index is 13.5. The molecule has 0 radical (unpaired) electrons. The van der Waals surface area contributed by atoms with E-state index in [1.165, 1.54) is 18.2 Å². The summed E-state index contributed by atoms with van der Waals surface area (Å²) in [6, 6.07) is 6.18. The van der Waals surface area contributed by atoms with Gasteiger partial charge in [-0.25, -0.2) is 12.8 Å². The lowest BCUT2D eigenvalue weighted by molar-refractivity contribution is 0.510. The maximum absolute atomic E-state index is 13.5. The van der Waals surface area contributed by atoms with Gasteiger partial charge >= 0.3 is 0 Å². The van der Waals surface area contributed by atoms with Crippen LogP contribution in [0.5, 0.6) is 0 Å². The lowest BCUT2D eigenvalue weighted by Gasteiger charge is -2.10. The largest absolute Gasteiger partial charge is 0.312 e. The van der Waals surface area contributed by atoms with Gasteiger partial charge in [0.2, 0.25) is 0 Å². The van der Waals surface area contributed by atoms with Gasteiger partial charge in [-0.3, -0.25) is 0 Å². The van der Waals surface area contributed by atoms with Crippen molar-refractivity contribution in [3.05, 3.63) is 35.1 Å². The topological polar surface area (TPSA) is 70.0 Å². The van der Waals surface area contributed by atoms with E-state index in [1.807, 2.05) is 6.07 Å². The van der Waals surface area contributed by atoms with Crippen LogP contribution in [0.15, 0.2) is 18.2 Å². The number of sulfone groups is 1. The zero-order valence-corrected chi connectivity index (χ0v) is 11.2. The molecule has 6 heteroatoms. The molecule has 1 N–H and O–H groups in total. The van der Waals surface area contributed by atoms with Crippen LogP contribution in [-0.4, -0.2) is 26.5 Å². The molecule has 19 heavy (non-hydrogen) atoms. The van der Waals surface area contributed by atoms with Crippen LogP contribution >= 0.6 is 0 Å². The smallest absolute Gasteiger partial charge is 0.150 e. The van der Waals surface area contributed by atoms with Gasteiger partial charge in [0, 0.05) is 12.1 Å². The Morgan fingerprint density at radius 2 is 2.26 bits per heavy atom. The molecule has 1 heterocycles. The molecule has 0 amide bonds. The molecule has 0 spiro atoms. The normalized spacial score (nSPS) is 21.2. The molecular formula is C13H15FN2O2S. The summed E-state index contributed by atoms with van der Waals surface area (Å²) >= 11 is 0. The third-order valence-corrected chi connectivity index (χ3v) is 5.09. The van der Waals surface area contributed by atoms with Crippen LogP contribution in [-0.2, 0) is 16.4 Å². The monoisotopic (exact) mass is 282 g/mol. The average Bonchev–Trinajstić information content (AvgIpc) is 2.71. The van der Waals surface area contributed by atoms with Gasteiger partial charge in [-0.05, 0) is 37.1 Å². The molecular weight excluding hydrogens is 267 g/mol. The number of nitriles is 1. The van der Waals surface area contributed by atoms with Gasteiger partial charge in [-0.1, -0.05) is 0 Å². The Balaban J connectivity index is 1.88. The molecule has 0 aromatic heterocycles. The summed E-state index contributed by atoms with van der Waals surface area (Å²) in [5.41, 5.74) is 0.849. The summed E-state index contributed by atoms with van der Waals surface area (Å²) in [6.07, 6.45) is 0.663. The number of benzene rings is 1. The number of hydrogen-bond donors (Lipinski definition) is 1. The van der Waals surface area contributed by atoms with E-state index < -0.39 is 9.84 Å². The fourth-order valence-electron chi connectivity index (χ4n) is 2.22. The van der Waals surface area contributed by atoms with Crippen LogP contribution in [0, 0.1) is 23.1 Å². The molecule has 1 aromatic rings. The Bertz CT molecular complexity index is 608. The van der Waals surface area contributed by atoms with Gasteiger partial charge in [0.05, 0.1) is 23.1 Å². The van der Waals surface area contributed by atoms with Gasteiger partial charge in [0.1, 0.15) is 5.82 Å². The number of rotatable bonds is 4. The van der Waals surface area contributed by atoms with E-state index in [4.69, 9.17) is 5.26 Å². The minimum Gasteiger partial charge on any atom is -0.312 e. The fourth-order valence-corrected chi connectivity index (χ4v) is 4.09. The summed E-state index contributed by atoms with van der Waals surface area (Å²) in [7, 11) is -2.87. The van der Waals surface area contributed by atoms with Crippen molar-refractivity contribution in [2.45, 2.75) is 13.0 Å². The van der Waals surface area contributed by atoms with Crippen molar-refractivity contribution in [1.82, 2.24) is 5.32 Å². The van der Waals surface area contributed by atoms with Crippen LogP contribution in [0.3, 0.4) is 0 Å². The van der Waals surface area contributed by atoms with Gasteiger partial charge in [-0.15, -0.1) is 0 Å². The summed E-state index contributed by atoms with van der Waals surface area (Å²) in [5, 5.41) is 11.8. The molecule has 4 nitrogen and oxygen atoms in total. The Labute approximate surface area is 112 Å². The SMILES string of the molecule is N#Cc1ccc(F)c(CNCC2CCS(=O)(=O)C2)c1. The highest BCUT2D eigenvalue weighted by Gasteiger charge is 2.27. The van der Waals surface area contributed by atoms with Crippen LogP contribution in [0.25, 0.3) is 0 Å². The third kappa shape index (κ3) is 3.75. The molecule has 2 rings (SSSR count). The molecule has 1 atom stereocenters. The van der Waals surface area contributed by atoms with E-state index in [9.17, 15) is 12.8 Å². The van der Waals surface area contributed by atoms with Gasteiger partial charge < -0.3 is 5.32 Å². The van der Waals surface area contributed by atoms with Crippen LogP contribution in [0.2, 0.25) is 0 Å². The molecule has 0 bridgehead atoms. The van der Waals surface area contributed by atoms with E-state index in [-0.39, 0.29) is 23.2 Å². The number of nitrogens with one attached hydrogen (secondary N) is 1. The quantitative estimate of drug-likeness (QED) is 0.901. The van der Waals surface area contributed by atoms with Crippen molar-refractivity contribution in [3.63, 3.8) is 0 Å². The van der Waals surface area contributed by atoms with E-state index in [0.717, 1.165) is 0 Å². The summed E-state index contributed by atoms with van der Waals surface area (Å²) in [4.78, 5) is 0. The lowest BCUT2D eigenvalue weighted by atomic mass is 10.1. The predicted octanol–water partition coefficient (Wildman–Crippen LogP) is 1.22. The zero-order valence-electron chi connectivity index (χ0n) is 10.4. The van der Waals surface area contributed by atoms with E-state index >= 15 is 0 Å². The van der Waals surface area contributed by atoms with Crippen molar-refractivity contribution >= 4 is 9.84 Å². The zero-order chi connectivity index (χ0) is 13.9. The summed E-state index contributed by atoms with van der Waals surface area (Å²) in [6.45, 7) is 0.855. The molecule has 1 saturated heterocycles. The molecule has 1 aliphatic heterocycles. The second-order valence-electron chi connectivity index (χ2n) is 4.82. The van der Waals surface area contributed by atoms with E-state index in [2.05, 4.69) is 5.32 Å². The van der Waals surface area contributed by atoms with Crippen molar-refractivity contribution in [3.8, 4) is 6.07 Å². The number of nitrogens with zero attached hydrogens (tertiary/aromatic N) is 1. The second kappa shape index (κ2) is 5.68. The molecule has 1 aliphatic rings. The maximum Gasteiger partial charge on any atom is 0.150 e. The highest BCUT2D eigenvalue weighted by atomic mass is 32.2. The van der Waals surface area contributed by atoms with Gasteiger partial charge in [-0.2, -0.15) is 5.26 Å². The van der Waals surface area contributed by atoms with Crippen molar-refractivity contribution in [2.24, 2.45) is 5.92 Å². The van der Waals surface area contributed by atoms with Crippen LogP contribution < -0.4 is 5.32 Å². The first-order valence-electron chi connectivity index (χ1n) is 6.10. The predicted molar refractivity (Wildman–Crippen MR) is 69.6 cm³/mol. The third-order valence-electron chi connectivity index (χ3n) is 3.25. The van der Waals surface area contributed by atoms with E-state index in [0.29, 0.717) is 30.6 Å². The Morgan fingerprint density at radius 3 is 2.89 bits per heavy atom. The van der Waals surface area contributed by atoms with Crippen LogP contribution in [0.1, 0.15) is 17.5 Å². The highest BCUT2D eigenvalue weighted by Crippen LogP contribution is 2.17. The summed E-state index contributed by atoms with van der Waals surface area (Å²) < 4.78 is 36.1. The molecule has 1 unspecified atom stereocenters. The standard InChI is InChI=1S/C13H15FN2O2S/c14-13-2-1-10(6-15)5-12(13)8-16-7-11-3-4-19(17,18)9-11/h1-2,5,11,16H,3-4,7-9H2. The van der Waals surface area contributed by atoms with Crippen molar-refractivity contribution in [1.29, 1.82) is 5.26 Å². The number of halogens is 1. The second-order valence-corrected chi connectivity index (χ2v) is 7.05. The van der Waals surface area contributed by atoms with Crippen LogP contribution in [0.4, 0.5) is 4.39 Å². The minimum absolute atomic E-state index is 0.104. The van der Waals surface area contributed by atoms with Gasteiger partial charge in [0.25, 0.3) is 0 Å². The Kier molecular flexibility index (Phi) is 4.17. The molecule has 1 fully saturated rings. The molecule has 0 saturated carbocycles.